The Morgan fingerprint density at radius 3 is 2.81 bits per heavy atom. The van der Waals surface area contributed by atoms with Gasteiger partial charge in [0, 0.05) is 31.7 Å². The minimum Gasteiger partial charge on any atom is -0.390 e. The summed E-state index contributed by atoms with van der Waals surface area (Å²) in [4.78, 5) is 4.40. The summed E-state index contributed by atoms with van der Waals surface area (Å²) in [5.41, 5.74) is 0.636. The lowest BCUT2D eigenvalue weighted by Crippen LogP contribution is -2.44. The van der Waals surface area contributed by atoms with Crippen molar-refractivity contribution >= 4 is 20.9 Å². The summed E-state index contributed by atoms with van der Waals surface area (Å²) in [5, 5.41) is 13.5. The normalized spacial score (nSPS) is 23.0. The minimum atomic E-state index is -3.69. The van der Waals surface area contributed by atoms with Crippen molar-refractivity contribution in [1.82, 2.24) is 14.6 Å². The summed E-state index contributed by atoms with van der Waals surface area (Å²) in [7, 11) is -2.18. The van der Waals surface area contributed by atoms with E-state index < -0.39 is 22.2 Å². The molecule has 0 radical (unpaired) electrons. The summed E-state index contributed by atoms with van der Waals surface area (Å²) in [6.45, 7) is 0.849. The molecule has 0 unspecified atom stereocenters. The van der Waals surface area contributed by atoms with Crippen LogP contribution in [0.1, 0.15) is 0 Å². The van der Waals surface area contributed by atoms with E-state index in [2.05, 4.69) is 10.3 Å². The summed E-state index contributed by atoms with van der Waals surface area (Å²) in [6.07, 6.45) is 0.936. The zero-order valence-corrected chi connectivity index (χ0v) is 12.4. The summed E-state index contributed by atoms with van der Waals surface area (Å²) in [6, 6.07) is 8.03. The molecule has 1 saturated heterocycles. The number of hydrogen-bond donors (Lipinski definition) is 2. The summed E-state index contributed by atoms with van der Waals surface area (Å²) < 4.78 is 26.9. The van der Waals surface area contributed by atoms with Gasteiger partial charge in [-0.3, -0.25) is 4.98 Å². The number of aliphatic hydroxyl groups excluding tert-OH is 1. The topological polar surface area (TPSA) is 82.5 Å². The van der Waals surface area contributed by atoms with Gasteiger partial charge in [0.25, 0.3) is 0 Å². The Hall–Kier alpha value is -1.54. The van der Waals surface area contributed by atoms with Crippen LogP contribution < -0.4 is 5.32 Å². The van der Waals surface area contributed by atoms with Gasteiger partial charge in [0.05, 0.1) is 22.6 Å². The Labute approximate surface area is 123 Å². The van der Waals surface area contributed by atoms with Crippen molar-refractivity contribution in [2.45, 2.75) is 17.0 Å². The first-order chi connectivity index (χ1) is 10.0. The van der Waals surface area contributed by atoms with Crippen molar-refractivity contribution in [3.8, 4) is 0 Å². The molecule has 0 spiro atoms. The molecule has 0 bridgehead atoms. The number of β-amino-alcohol motifs (C(OH)–C–C–N with tert-alkyl or cyclic N) is 1. The second-order valence-corrected chi connectivity index (χ2v) is 7.11. The molecule has 3 rings (SSSR count). The lowest BCUT2D eigenvalue weighted by Gasteiger charge is -2.26. The Balaban J connectivity index is 2.08. The first-order valence-corrected chi connectivity index (χ1v) is 8.16. The van der Waals surface area contributed by atoms with Gasteiger partial charge in [0.15, 0.2) is 0 Å². The highest BCUT2D eigenvalue weighted by Crippen LogP contribution is 2.26. The number of benzene rings is 1. The molecule has 2 atom stereocenters. The molecule has 6 nitrogen and oxygen atoms in total. The highest BCUT2D eigenvalue weighted by Gasteiger charge is 2.36. The van der Waals surface area contributed by atoms with Crippen LogP contribution >= 0.6 is 0 Å². The van der Waals surface area contributed by atoms with Gasteiger partial charge in [-0.05, 0) is 24.3 Å². The van der Waals surface area contributed by atoms with Gasteiger partial charge in [-0.1, -0.05) is 6.07 Å². The van der Waals surface area contributed by atoms with E-state index in [0.29, 0.717) is 24.0 Å². The molecular weight excluding hydrogens is 290 g/mol. The van der Waals surface area contributed by atoms with Gasteiger partial charge in [0.2, 0.25) is 10.0 Å². The van der Waals surface area contributed by atoms with Crippen LogP contribution in [0, 0.1) is 0 Å². The van der Waals surface area contributed by atoms with Crippen LogP contribution in [0.2, 0.25) is 0 Å². The number of nitrogens with zero attached hydrogens (tertiary/aromatic N) is 2. The number of aliphatic hydroxyl groups is 1. The number of nitrogens with one attached hydrogen (secondary N) is 1. The lowest BCUT2D eigenvalue weighted by atomic mass is 10.2. The average molecular weight is 307 g/mol. The van der Waals surface area contributed by atoms with Crippen molar-refractivity contribution < 1.29 is 13.5 Å². The van der Waals surface area contributed by atoms with Crippen LogP contribution in [0.25, 0.3) is 10.9 Å². The zero-order chi connectivity index (χ0) is 15.0. The van der Waals surface area contributed by atoms with Gasteiger partial charge in [0.1, 0.15) is 0 Å². The SMILES string of the molecule is CN([C@H]1CNC[C@@H]1O)S(=O)(=O)c1cccc2ncccc12. The molecule has 1 aromatic heterocycles. The van der Waals surface area contributed by atoms with Gasteiger partial charge in [-0.2, -0.15) is 4.31 Å². The Bertz CT molecular complexity index is 758. The zero-order valence-electron chi connectivity index (χ0n) is 11.6. The molecule has 2 aromatic rings. The largest absolute Gasteiger partial charge is 0.390 e. The second-order valence-electron chi connectivity index (χ2n) is 5.14. The van der Waals surface area contributed by atoms with E-state index >= 15 is 0 Å². The molecule has 0 amide bonds. The predicted molar refractivity (Wildman–Crippen MR) is 79.4 cm³/mol. The van der Waals surface area contributed by atoms with E-state index in [-0.39, 0.29) is 4.90 Å². The van der Waals surface area contributed by atoms with Crippen LogP contribution in [0.15, 0.2) is 41.4 Å². The number of aromatic nitrogens is 1. The highest BCUT2D eigenvalue weighted by molar-refractivity contribution is 7.89. The number of hydrogen-bond acceptors (Lipinski definition) is 5. The van der Waals surface area contributed by atoms with Crippen LogP contribution in [0.3, 0.4) is 0 Å². The van der Waals surface area contributed by atoms with Crippen LogP contribution in [0.4, 0.5) is 0 Å². The van der Waals surface area contributed by atoms with Crippen LogP contribution in [0.5, 0.6) is 0 Å². The molecule has 2 N–H and O–H groups in total. The van der Waals surface area contributed by atoms with E-state index in [0.717, 1.165) is 0 Å². The van der Waals surface area contributed by atoms with Gasteiger partial charge >= 0.3 is 0 Å². The third kappa shape index (κ3) is 2.42. The maximum Gasteiger partial charge on any atom is 0.243 e. The highest BCUT2D eigenvalue weighted by atomic mass is 32.2. The monoisotopic (exact) mass is 307 g/mol. The van der Waals surface area contributed by atoms with Crippen molar-refractivity contribution in [1.29, 1.82) is 0 Å². The number of rotatable bonds is 3. The molecule has 7 heteroatoms. The molecule has 112 valence electrons. The molecular formula is C14H17N3O3S. The molecule has 1 fully saturated rings. The smallest absolute Gasteiger partial charge is 0.243 e. The summed E-state index contributed by atoms with van der Waals surface area (Å²) >= 11 is 0. The lowest BCUT2D eigenvalue weighted by molar-refractivity contribution is 0.136. The Kier molecular flexibility index (Phi) is 3.66. The van der Waals surface area contributed by atoms with E-state index in [4.69, 9.17) is 0 Å². The minimum absolute atomic E-state index is 0.217. The van der Waals surface area contributed by atoms with Gasteiger partial charge in [-0.25, -0.2) is 8.42 Å². The van der Waals surface area contributed by atoms with E-state index in [9.17, 15) is 13.5 Å². The molecule has 1 aliphatic rings. The first kappa shape index (κ1) is 14.4. The quantitative estimate of drug-likeness (QED) is 0.846. The first-order valence-electron chi connectivity index (χ1n) is 6.72. The fraction of sp³-hybridized carbons (Fsp3) is 0.357. The fourth-order valence-electron chi connectivity index (χ4n) is 2.66. The molecule has 0 aliphatic carbocycles. The standard InChI is InChI=1S/C14H17N3O3S/c1-17(12-8-15-9-13(12)18)21(19,20)14-6-2-5-11-10(14)4-3-7-16-11/h2-7,12-13,15,18H,8-9H2,1H3/t12-,13-/m0/s1. The van der Waals surface area contributed by atoms with Crippen molar-refractivity contribution in [3.63, 3.8) is 0 Å². The van der Waals surface area contributed by atoms with E-state index in [1.165, 1.54) is 11.4 Å². The fourth-order valence-corrected chi connectivity index (χ4v) is 4.24. The molecule has 0 saturated carbocycles. The summed E-state index contributed by atoms with van der Waals surface area (Å²) in [5.74, 6) is 0. The van der Waals surface area contributed by atoms with Crippen molar-refractivity contribution in [2.75, 3.05) is 20.1 Å². The Morgan fingerprint density at radius 1 is 1.29 bits per heavy atom. The Morgan fingerprint density at radius 2 is 2.10 bits per heavy atom. The third-order valence-electron chi connectivity index (χ3n) is 3.88. The predicted octanol–water partition coefficient (Wildman–Crippen LogP) is 0.188. The third-order valence-corrected chi connectivity index (χ3v) is 5.82. The van der Waals surface area contributed by atoms with Crippen molar-refractivity contribution in [3.05, 3.63) is 36.5 Å². The van der Waals surface area contributed by atoms with Crippen LogP contribution in [-0.2, 0) is 10.0 Å². The van der Waals surface area contributed by atoms with E-state index in [1.54, 1.807) is 36.5 Å². The second kappa shape index (κ2) is 5.34. The molecule has 21 heavy (non-hydrogen) atoms. The maximum atomic E-state index is 12.8. The molecule has 1 aliphatic heterocycles. The number of sulfonamides is 1. The maximum absolute atomic E-state index is 12.8. The van der Waals surface area contributed by atoms with Crippen LogP contribution in [-0.4, -0.2) is 55.1 Å². The number of likely N-dealkylation sites (N-methyl/N-ethyl adjacent to an activating group) is 1. The number of fused-ring (bicyclic) bond motifs is 1. The average Bonchev–Trinajstić information content (AvgIpc) is 2.91. The van der Waals surface area contributed by atoms with Crippen molar-refractivity contribution in [2.24, 2.45) is 0 Å². The van der Waals surface area contributed by atoms with Gasteiger partial charge < -0.3 is 10.4 Å². The van der Waals surface area contributed by atoms with E-state index in [1.807, 2.05) is 0 Å². The molecule has 2 heterocycles. The molecule has 1 aromatic carbocycles. The number of pyridine rings is 1. The van der Waals surface area contributed by atoms with Gasteiger partial charge in [-0.15, -0.1) is 0 Å².